The zero-order chi connectivity index (χ0) is 12.9. The number of rotatable bonds is 5. The molecular weight excluding hydrogens is 234 g/mol. The molecule has 2 nitrogen and oxygen atoms in total. The first kappa shape index (κ1) is 14.1. The fraction of sp³-hybridized carbons (Fsp3) is 0.429. The van der Waals surface area contributed by atoms with Crippen LogP contribution in [0.1, 0.15) is 26.3 Å². The standard InChI is InChI=1S/C14H20ClNO/c1-11(15)10-17-13-8-6-5-7-12(13)9-16-14(2,3)4/h5-8,16H,1,9-10H2,2-4H3. The second-order valence-corrected chi connectivity index (χ2v) is 5.55. The first-order chi connectivity index (χ1) is 7.88. The van der Waals surface area contributed by atoms with Gasteiger partial charge in [-0.3, -0.25) is 0 Å². The molecule has 0 aliphatic heterocycles. The molecule has 0 bridgehead atoms. The van der Waals surface area contributed by atoms with Crippen molar-refractivity contribution in [3.8, 4) is 5.75 Å². The second kappa shape index (κ2) is 6.08. The highest BCUT2D eigenvalue weighted by Gasteiger charge is 2.10. The van der Waals surface area contributed by atoms with E-state index >= 15 is 0 Å². The Labute approximate surface area is 109 Å². The van der Waals surface area contributed by atoms with Crippen molar-refractivity contribution < 1.29 is 4.74 Å². The van der Waals surface area contributed by atoms with Crippen LogP contribution in [0.3, 0.4) is 0 Å². The van der Waals surface area contributed by atoms with Crippen LogP contribution >= 0.6 is 11.6 Å². The summed E-state index contributed by atoms with van der Waals surface area (Å²) in [4.78, 5) is 0. The Hall–Kier alpha value is -0.990. The van der Waals surface area contributed by atoms with Gasteiger partial charge in [-0.05, 0) is 26.8 Å². The van der Waals surface area contributed by atoms with Crippen molar-refractivity contribution in [2.75, 3.05) is 6.61 Å². The molecule has 17 heavy (non-hydrogen) atoms. The number of hydrogen-bond donors (Lipinski definition) is 1. The van der Waals surface area contributed by atoms with Gasteiger partial charge in [0.05, 0.1) is 0 Å². The lowest BCUT2D eigenvalue weighted by atomic mass is 10.1. The van der Waals surface area contributed by atoms with Crippen LogP contribution in [0.15, 0.2) is 35.9 Å². The van der Waals surface area contributed by atoms with Crippen LogP contribution in [-0.2, 0) is 6.54 Å². The minimum Gasteiger partial charge on any atom is -0.488 e. The van der Waals surface area contributed by atoms with Gasteiger partial charge in [0.25, 0.3) is 0 Å². The minimum atomic E-state index is 0.0865. The number of halogens is 1. The second-order valence-electron chi connectivity index (χ2n) is 5.02. The SMILES string of the molecule is C=C(Cl)COc1ccccc1CNC(C)(C)C. The molecule has 0 fully saturated rings. The monoisotopic (exact) mass is 253 g/mol. The number of hydrogen-bond acceptors (Lipinski definition) is 2. The summed E-state index contributed by atoms with van der Waals surface area (Å²) in [6.07, 6.45) is 0. The summed E-state index contributed by atoms with van der Waals surface area (Å²) in [6, 6.07) is 7.94. The summed E-state index contributed by atoms with van der Waals surface area (Å²) in [7, 11) is 0. The third-order valence-corrected chi connectivity index (χ3v) is 2.28. The van der Waals surface area contributed by atoms with Crippen molar-refractivity contribution in [1.29, 1.82) is 0 Å². The lowest BCUT2D eigenvalue weighted by molar-refractivity contribution is 0.349. The van der Waals surface area contributed by atoms with Gasteiger partial charge >= 0.3 is 0 Å². The van der Waals surface area contributed by atoms with E-state index in [1.807, 2.05) is 24.3 Å². The molecule has 0 amide bonds. The highest BCUT2D eigenvalue weighted by molar-refractivity contribution is 6.29. The third-order valence-electron chi connectivity index (χ3n) is 2.17. The van der Waals surface area contributed by atoms with E-state index in [-0.39, 0.29) is 5.54 Å². The van der Waals surface area contributed by atoms with E-state index in [0.717, 1.165) is 17.9 Å². The van der Waals surface area contributed by atoms with Crippen molar-refractivity contribution in [2.45, 2.75) is 32.9 Å². The smallest absolute Gasteiger partial charge is 0.124 e. The molecule has 0 spiro atoms. The van der Waals surface area contributed by atoms with Crippen LogP contribution in [-0.4, -0.2) is 12.1 Å². The maximum absolute atomic E-state index is 5.69. The summed E-state index contributed by atoms with van der Waals surface area (Å²) in [6.45, 7) is 11.1. The molecule has 0 radical (unpaired) electrons. The molecule has 0 atom stereocenters. The van der Waals surface area contributed by atoms with Gasteiger partial charge in [0.2, 0.25) is 0 Å². The Bertz CT molecular complexity index is 382. The van der Waals surface area contributed by atoms with E-state index in [4.69, 9.17) is 16.3 Å². The fourth-order valence-electron chi connectivity index (χ4n) is 1.31. The van der Waals surface area contributed by atoms with Crippen molar-refractivity contribution in [1.82, 2.24) is 5.32 Å². The summed E-state index contributed by atoms with van der Waals surface area (Å²) >= 11 is 5.69. The first-order valence-corrected chi connectivity index (χ1v) is 6.05. The largest absolute Gasteiger partial charge is 0.488 e. The molecule has 1 N–H and O–H groups in total. The van der Waals surface area contributed by atoms with Gasteiger partial charge in [-0.2, -0.15) is 0 Å². The summed E-state index contributed by atoms with van der Waals surface area (Å²) in [5, 5.41) is 3.93. The molecule has 1 aromatic rings. The Kier molecular flexibility index (Phi) is 5.03. The maximum Gasteiger partial charge on any atom is 0.124 e. The number of benzene rings is 1. The average Bonchev–Trinajstić information content (AvgIpc) is 2.23. The molecular formula is C14H20ClNO. The predicted octanol–water partition coefficient (Wildman–Crippen LogP) is 3.71. The van der Waals surface area contributed by atoms with Crippen molar-refractivity contribution in [3.05, 3.63) is 41.4 Å². The van der Waals surface area contributed by atoms with Gasteiger partial charge < -0.3 is 10.1 Å². The quantitative estimate of drug-likeness (QED) is 0.864. The fourth-order valence-corrected chi connectivity index (χ4v) is 1.36. The van der Waals surface area contributed by atoms with Crippen LogP contribution in [0.4, 0.5) is 0 Å². The van der Waals surface area contributed by atoms with Crippen molar-refractivity contribution in [3.63, 3.8) is 0 Å². The molecule has 1 aromatic carbocycles. The molecule has 0 aliphatic carbocycles. The van der Waals surface area contributed by atoms with Crippen molar-refractivity contribution in [2.24, 2.45) is 0 Å². The number of nitrogens with one attached hydrogen (secondary N) is 1. The Morgan fingerprint density at radius 1 is 1.35 bits per heavy atom. The van der Waals surface area contributed by atoms with Gasteiger partial charge in [-0.25, -0.2) is 0 Å². The van der Waals surface area contributed by atoms with E-state index in [9.17, 15) is 0 Å². The average molecular weight is 254 g/mol. The van der Waals surface area contributed by atoms with E-state index < -0.39 is 0 Å². The third kappa shape index (κ3) is 5.76. The van der Waals surface area contributed by atoms with Gasteiger partial charge in [0, 0.05) is 22.7 Å². The van der Waals surface area contributed by atoms with E-state index in [2.05, 4.69) is 32.7 Å². The highest BCUT2D eigenvalue weighted by Crippen LogP contribution is 2.19. The Morgan fingerprint density at radius 2 is 2.00 bits per heavy atom. The zero-order valence-corrected chi connectivity index (χ0v) is 11.5. The topological polar surface area (TPSA) is 21.3 Å². The summed E-state index contributed by atoms with van der Waals surface area (Å²) in [5.41, 5.74) is 1.21. The van der Waals surface area contributed by atoms with Gasteiger partial charge in [-0.15, -0.1) is 0 Å². The maximum atomic E-state index is 5.69. The molecule has 0 heterocycles. The van der Waals surface area contributed by atoms with E-state index in [1.54, 1.807) is 0 Å². The molecule has 0 saturated carbocycles. The van der Waals surface area contributed by atoms with Gasteiger partial charge in [-0.1, -0.05) is 36.4 Å². The van der Waals surface area contributed by atoms with Crippen LogP contribution < -0.4 is 10.1 Å². The van der Waals surface area contributed by atoms with E-state index in [1.165, 1.54) is 0 Å². The molecule has 94 valence electrons. The molecule has 3 heteroatoms. The first-order valence-electron chi connectivity index (χ1n) is 5.67. The number of para-hydroxylation sites is 1. The summed E-state index contributed by atoms with van der Waals surface area (Å²) < 4.78 is 5.59. The zero-order valence-electron chi connectivity index (χ0n) is 10.7. The molecule has 0 aliphatic rings. The Morgan fingerprint density at radius 3 is 2.59 bits per heavy atom. The Balaban J connectivity index is 2.67. The van der Waals surface area contributed by atoms with Crippen molar-refractivity contribution >= 4 is 11.6 Å². The lowest BCUT2D eigenvalue weighted by Gasteiger charge is -2.21. The minimum absolute atomic E-state index is 0.0865. The molecule has 0 aromatic heterocycles. The highest BCUT2D eigenvalue weighted by atomic mass is 35.5. The van der Waals surface area contributed by atoms with Gasteiger partial charge in [0.1, 0.15) is 12.4 Å². The van der Waals surface area contributed by atoms with Crippen LogP contribution in [0.25, 0.3) is 0 Å². The molecule has 0 unspecified atom stereocenters. The van der Waals surface area contributed by atoms with E-state index in [0.29, 0.717) is 11.6 Å². The normalized spacial score (nSPS) is 11.3. The van der Waals surface area contributed by atoms with Crippen LogP contribution in [0, 0.1) is 0 Å². The molecule has 1 rings (SSSR count). The number of ether oxygens (including phenoxy) is 1. The lowest BCUT2D eigenvalue weighted by Crippen LogP contribution is -2.35. The van der Waals surface area contributed by atoms with Crippen LogP contribution in [0.5, 0.6) is 5.75 Å². The van der Waals surface area contributed by atoms with Gasteiger partial charge in [0.15, 0.2) is 0 Å². The summed E-state index contributed by atoms with van der Waals surface area (Å²) in [5.74, 6) is 0.853. The predicted molar refractivity (Wildman–Crippen MR) is 73.5 cm³/mol. The molecule has 0 saturated heterocycles. The van der Waals surface area contributed by atoms with Crippen LogP contribution in [0.2, 0.25) is 0 Å².